The highest BCUT2D eigenvalue weighted by molar-refractivity contribution is 4.97. The van der Waals surface area contributed by atoms with Gasteiger partial charge in [-0.25, -0.2) is 0 Å². The lowest BCUT2D eigenvalue weighted by Gasteiger charge is -2.51. The average molecular weight is 181 g/mol. The Morgan fingerprint density at radius 1 is 1.23 bits per heavy atom. The molecule has 13 heavy (non-hydrogen) atoms. The maximum atomic E-state index is 3.42. The molecule has 0 radical (unpaired) electrons. The Morgan fingerprint density at radius 2 is 1.85 bits per heavy atom. The zero-order chi connectivity index (χ0) is 9.31. The Balaban J connectivity index is 1.79. The van der Waals surface area contributed by atoms with Crippen molar-refractivity contribution in [2.75, 3.05) is 7.05 Å². The minimum Gasteiger partial charge on any atom is -0.317 e. The van der Waals surface area contributed by atoms with Crippen LogP contribution in [0.5, 0.6) is 0 Å². The van der Waals surface area contributed by atoms with E-state index < -0.39 is 0 Å². The van der Waals surface area contributed by atoms with E-state index in [0.29, 0.717) is 0 Å². The minimum atomic E-state index is 0.814. The molecular formula is C12H23N. The van der Waals surface area contributed by atoms with E-state index in [2.05, 4.69) is 19.3 Å². The van der Waals surface area contributed by atoms with Crippen molar-refractivity contribution in [2.45, 2.75) is 57.9 Å². The number of rotatable bonds is 2. The summed E-state index contributed by atoms with van der Waals surface area (Å²) in [5.41, 5.74) is 0.814. The molecular weight excluding hydrogens is 158 g/mol. The van der Waals surface area contributed by atoms with Gasteiger partial charge in [-0.2, -0.15) is 0 Å². The molecule has 76 valence electrons. The van der Waals surface area contributed by atoms with Crippen LogP contribution in [0.2, 0.25) is 0 Å². The van der Waals surface area contributed by atoms with Gasteiger partial charge in [-0.3, -0.25) is 0 Å². The van der Waals surface area contributed by atoms with Crippen molar-refractivity contribution >= 4 is 0 Å². The Kier molecular flexibility index (Phi) is 2.64. The second-order valence-corrected chi connectivity index (χ2v) is 5.25. The van der Waals surface area contributed by atoms with Crippen molar-refractivity contribution in [3.8, 4) is 0 Å². The van der Waals surface area contributed by atoms with E-state index >= 15 is 0 Å². The van der Waals surface area contributed by atoms with E-state index in [1.165, 1.54) is 32.1 Å². The SMILES string of the molecule is CCC1CC2(CCC(NC)CC2)C1. The third kappa shape index (κ3) is 1.76. The fraction of sp³-hybridized carbons (Fsp3) is 1.00. The second kappa shape index (κ2) is 3.61. The summed E-state index contributed by atoms with van der Waals surface area (Å²) in [6.45, 7) is 2.34. The minimum absolute atomic E-state index is 0.814. The van der Waals surface area contributed by atoms with Gasteiger partial charge in [0, 0.05) is 6.04 Å². The van der Waals surface area contributed by atoms with Gasteiger partial charge in [-0.05, 0) is 56.9 Å². The van der Waals surface area contributed by atoms with Crippen LogP contribution in [0.25, 0.3) is 0 Å². The largest absolute Gasteiger partial charge is 0.317 e. The van der Waals surface area contributed by atoms with Crippen LogP contribution in [0.3, 0.4) is 0 Å². The first kappa shape index (κ1) is 9.51. The molecule has 2 aliphatic carbocycles. The van der Waals surface area contributed by atoms with E-state index in [9.17, 15) is 0 Å². The molecule has 0 aromatic heterocycles. The van der Waals surface area contributed by atoms with Gasteiger partial charge in [-0.1, -0.05) is 13.3 Å². The van der Waals surface area contributed by atoms with Gasteiger partial charge in [0.05, 0.1) is 0 Å². The molecule has 2 fully saturated rings. The molecule has 2 aliphatic rings. The summed E-state index contributed by atoms with van der Waals surface area (Å²) < 4.78 is 0. The molecule has 0 heterocycles. The van der Waals surface area contributed by atoms with Gasteiger partial charge in [0.15, 0.2) is 0 Å². The smallest absolute Gasteiger partial charge is 0.00644 e. The van der Waals surface area contributed by atoms with E-state index in [4.69, 9.17) is 0 Å². The second-order valence-electron chi connectivity index (χ2n) is 5.25. The fourth-order valence-corrected chi connectivity index (χ4v) is 3.38. The highest BCUT2D eigenvalue weighted by Gasteiger charge is 2.44. The molecule has 2 saturated carbocycles. The Hall–Kier alpha value is -0.0400. The Bertz CT molecular complexity index is 160. The molecule has 1 N–H and O–H groups in total. The van der Waals surface area contributed by atoms with Crippen LogP contribution < -0.4 is 5.32 Å². The zero-order valence-corrected chi connectivity index (χ0v) is 9.10. The summed E-state index contributed by atoms with van der Waals surface area (Å²) >= 11 is 0. The lowest BCUT2D eigenvalue weighted by Crippen LogP contribution is -2.43. The summed E-state index contributed by atoms with van der Waals surface area (Å²) in [7, 11) is 2.11. The van der Waals surface area contributed by atoms with E-state index in [0.717, 1.165) is 17.4 Å². The van der Waals surface area contributed by atoms with Crippen LogP contribution >= 0.6 is 0 Å². The van der Waals surface area contributed by atoms with Gasteiger partial charge in [0.1, 0.15) is 0 Å². The van der Waals surface area contributed by atoms with Crippen molar-refractivity contribution in [2.24, 2.45) is 11.3 Å². The normalized spacial score (nSPS) is 44.8. The lowest BCUT2D eigenvalue weighted by molar-refractivity contribution is 0.00574. The van der Waals surface area contributed by atoms with E-state index in [1.807, 2.05) is 0 Å². The molecule has 1 heteroatoms. The summed E-state index contributed by atoms with van der Waals surface area (Å²) in [6, 6.07) is 0.825. The van der Waals surface area contributed by atoms with Gasteiger partial charge in [-0.15, -0.1) is 0 Å². The molecule has 2 rings (SSSR count). The molecule has 0 saturated heterocycles. The van der Waals surface area contributed by atoms with E-state index in [1.54, 1.807) is 12.8 Å². The number of hydrogen-bond acceptors (Lipinski definition) is 1. The molecule has 0 unspecified atom stereocenters. The van der Waals surface area contributed by atoms with Crippen molar-refractivity contribution in [3.63, 3.8) is 0 Å². The van der Waals surface area contributed by atoms with Crippen LogP contribution in [-0.2, 0) is 0 Å². The monoisotopic (exact) mass is 181 g/mol. The van der Waals surface area contributed by atoms with Crippen molar-refractivity contribution in [3.05, 3.63) is 0 Å². The molecule has 0 amide bonds. The van der Waals surface area contributed by atoms with Crippen molar-refractivity contribution in [1.29, 1.82) is 0 Å². The van der Waals surface area contributed by atoms with Crippen LogP contribution in [0.15, 0.2) is 0 Å². The average Bonchev–Trinajstić information content (AvgIpc) is 2.14. The molecule has 0 aliphatic heterocycles. The zero-order valence-electron chi connectivity index (χ0n) is 9.10. The molecule has 0 bridgehead atoms. The predicted molar refractivity (Wildman–Crippen MR) is 56.8 cm³/mol. The maximum Gasteiger partial charge on any atom is 0.00644 e. The number of nitrogens with one attached hydrogen (secondary N) is 1. The fourth-order valence-electron chi connectivity index (χ4n) is 3.38. The first-order chi connectivity index (χ1) is 6.28. The molecule has 0 aromatic rings. The van der Waals surface area contributed by atoms with Gasteiger partial charge < -0.3 is 5.32 Å². The van der Waals surface area contributed by atoms with Crippen molar-refractivity contribution < 1.29 is 0 Å². The van der Waals surface area contributed by atoms with Crippen LogP contribution in [0.4, 0.5) is 0 Å². The predicted octanol–water partition coefficient (Wildman–Crippen LogP) is 2.95. The molecule has 0 aromatic carbocycles. The van der Waals surface area contributed by atoms with Gasteiger partial charge in [0.2, 0.25) is 0 Å². The lowest BCUT2D eigenvalue weighted by atomic mass is 9.55. The van der Waals surface area contributed by atoms with Gasteiger partial charge >= 0.3 is 0 Å². The topological polar surface area (TPSA) is 12.0 Å². The van der Waals surface area contributed by atoms with Crippen LogP contribution in [0.1, 0.15) is 51.9 Å². The molecule has 1 spiro atoms. The summed E-state index contributed by atoms with van der Waals surface area (Å²) in [5, 5.41) is 3.42. The summed E-state index contributed by atoms with van der Waals surface area (Å²) in [6.07, 6.45) is 10.3. The van der Waals surface area contributed by atoms with Gasteiger partial charge in [0.25, 0.3) is 0 Å². The quantitative estimate of drug-likeness (QED) is 0.690. The number of hydrogen-bond donors (Lipinski definition) is 1. The van der Waals surface area contributed by atoms with E-state index in [-0.39, 0.29) is 0 Å². The molecule has 0 atom stereocenters. The van der Waals surface area contributed by atoms with Crippen molar-refractivity contribution in [1.82, 2.24) is 5.32 Å². The first-order valence-electron chi connectivity index (χ1n) is 5.95. The third-order valence-electron chi connectivity index (χ3n) is 4.48. The standard InChI is InChI=1S/C12H23N/c1-3-10-8-12(9-10)6-4-11(13-2)5-7-12/h10-11,13H,3-9H2,1-2H3. The summed E-state index contributed by atoms with van der Waals surface area (Å²) in [4.78, 5) is 0. The van der Waals surface area contributed by atoms with Crippen LogP contribution in [0, 0.1) is 11.3 Å². The Labute approximate surface area is 82.3 Å². The summed E-state index contributed by atoms with van der Waals surface area (Å²) in [5.74, 6) is 1.08. The third-order valence-corrected chi connectivity index (χ3v) is 4.48. The Morgan fingerprint density at radius 3 is 2.31 bits per heavy atom. The highest BCUT2D eigenvalue weighted by Crippen LogP contribution is 2.55. The highest BCUT2D eigenvalue weighted by atomic mass is 14.9. The first-order valence-corrected chi connectivity index (χ1v) is 5.95. The maximum absolute atomic E-state index is 3.42. The molecule has 1 nitrogen and oxygen atoms in total. The van der Waals surface area contributed by atoms with Crippen LogP contribution in [-0.4, -0.2) is 13.1 Å².